The van der Waals surface area contributed by atoms with Gasteiger partial charge in [-0.15, -0.1) is 0 Å². The molecule has 1 aromatic heterocycles. The zero-order valence-corrected chi connectivity index (χ0v) is 18.0. The number of aryl methyl sites for hydroxylation is 1. The van der Waals surface area contributed by atoms with Gasteiger partial charge in [0.25, 0.3) is 0 Å². The fourth-order valence-corrected chi connectivity index (χ4v) is 4.71. The molecular weight excluding hydrogens is 370 g/mol. The fraction of sp³-hybridized carbons (Fsp3) is 0.423. The van der Waals surface area contributed by atoms with Crippen LogP contribution >= 0.6 is 0 Å². The van der Waals surface area contributed by atoms with Crippen LogP contribution in [0.4, 0.5) is 0 Å². The lowest BCUT2D eigenvalue weighted by atomic mass is 9.87. The van der Waals surface area contributed by atoms with Crippen molar-refractivity contribution in [2.75, 3.05) is 26.2 Å². The zero-order valence-electron chi connectivity index (χ0n) is 18.0. The third-order valence-corrected chi connectivity index (χ3v) is 6.38. The first kappa shape index (κ1) is 20.7. The first-order chi connectivity index (χ1) is 14.8. The van der Waals surface area contributed by atoms with Gasteiger partial charge in [-0.25, -0.2) is 0 Å². The Morgan fingerprint density at radius 2 is 1.87 bits per heavy atom. The number of aromatic amines is 1. The Morgan fingerprint density at radius 3 is 2.63 bits per heavy atom. The molecule has 0 spiro atoms. The molecule has 0 bridgehead atoms. The maximum absolute atomic E-state index is 12.9. The van der Waals surface area contributed by atoms with Gasteiger partial charge in [0.15, 0.2) is 0 Å². The molecule has 1 amide bonds. The van der Waals surface area contributed by atoms with Gasteiger partial charge in [-0.2, -0.15) is 0 Å². The van der Waals surface area contributed by atoms with Crippen LogP contribution in [0.2, 0.25) is 0 Å². The van der Waals surface area contributed by atoms with Crippen LogP contribution in [-0.4, -0.2) is 42.0 Å². The van der Waals surface area contributed by atoms with Crippen molar-refractivity contribution in [1.29, 1.82) is 0 Å². The Hall–Kier alpha value is -2.59. The number of H-pyrrole nitrogens is 1. The van der Waals surface area contributed by atoms with E-state index in [1.807, 2.05) is 6.07 Å². The van der Waals surface area contributed by atoms with Crippen molar-refractivity contribution in [3.63, 3.8) is 0 Å². The Balaban J connectivity index is 1.50. The van der Waals surface area contributed by atoms with Crippen LogP contribution in [0.3, 0.4) is 0 Å². The van der Waals surface area contributed by atoms with Gasteiger partial charge in [-0.1, -0.05) is 61.9 Å². The van der Waals surface area contributed by atoms with E-state index in [2.05, 4.69) is 70.8 Å². The van der Waals surface area contributed by atoms with Gasteiger partial charge in [0.1, 0.15) is 0 Å². The molecule has 1 aliphatic rings. The molecule has 4 heteroatoms. The molecule has 1 unspecified atom stereocenters. The number of benzene rings is 2. The van der Waals surface area contributed by atoms with Crippen molar-refractivity contribution < 1.29 is 4.79 Å². The topological polar surface area (TPSA) is 48.1 Å². The molecular formula is C26H33N3O. The second-order valence-corrected chi connectivity index (χ2v) is 8.36. The Bertz CT molecular complexity index is 957. The highest BCUT2D eigenvalue weighted by atomic mass is 16.1. The van der Waals surface area contributed by atoms with Crippen molar-refractivity contribution in [2.24, 2.45) is 0 Å². The lowest BCUT2D eigenvalue weighted by Gasteiger charge is -2.26. The van der Waals surface area contributed by atoms with E-state index in [1.165, 1.54) is 46.9 Å². The third kappa shape index (κ3) is 4.76. The molecule has 1 saturated heterocycles. The number of piperidine rings is 1. The predicted octanol–water partition coefficient (Wildman–Crippen LogP) is 4.85. The van der Waals surface area contributed by atoms with E-state index in [0.29, 0.717) is 6.42 Å². The number of carbonyl (C=O) groups excluding carboxylic acids is 1. The molecule has 0 saturated carbocycles. The number of hydrogen-bond donors (Lipinski definition) is 2. The Labute approximate surface area is 179 Å². The van der Waals surface area contributed by atoms with Gasteiger partial charge < -0.3 is 15.2 Å². The lowest BCUT2D eigenvalue weighted by Crippen LogP contribution is -2.38. The average molecular weight is 404 g/mol. The third-order valence-electron chi connectivity index (χ3n) is 6.38. The standard InChI is InChI=1S/C26H33N3O/c1-2-20-12-9-13-22-24(19-28-26(20)22)23(21-10-5-3-6-11-21)18-25(30)27-14-17-29-15-7-4-8-16-29/h3,5-6,9-13,19,23,28H,2,4,7-8,14-18H2,1H3,(H,27,30). The normalized spacial score (nSPS) is 15.9. The molecule has 4 rings (SSSR count). The van der Waals surface area contributed by atoms with Crippen LogP contribution in [0.1, 0.15) is 55.2 Å². The minimum Gasteiger partial charge on any atom is -0.361 e. The smallest absolute Gasteiger partial charge is 0.220 e. The van der Waals surface area contributed by atoms with Crippen LogP contribution in [0.25, 0.3) is 10.9 Å². The molecule has 2 N–H and O–H groups in total. The second-order valence-electron chi connectivity index (χ2n) is 8.36. The Morgan fingerprint density at radius 1 is 1.07 bits per heavy atom. The van der Waals surface area contributed by atoms with E-state index in [0.717, 1.165) is 32.6 Å². The van der Waals surface area contributed by atoms with E-state index in [-0.39, 0.29) is 11.8 Å². The zero-order chi connectivity index (χ0) is 20.8. The van der Waals surface area contributed by atoms with E-state index >= 15 is 0 Å². The molecule has 1 atom stereocenters. The lowest BCUT2D eigenvalue weighted by molar-refractivity contribution is -0.121. The highest BCUT2D eigenvalue weighted by molar-refractivity contribution is 5.88. The highest BCUT2D eigenvalue weighted by Crippen LogP contribution is 2.34. The van der Waals surface area contributed by atoms with E-state index < -0.39 is 0 Å². The van der Waals surface area contributed by atoms with E-state index in [1.54, 1.807) is 0 Å². The van der Waals surface area contributed by atoms with Crippen molar-refractivity contribution in [3.05, 3.63) is 71.4 Å². The number of para-hydroxylation sites is 1. The summed E-state index contributed by atoms with van der Waals surface area (Å²) in [7, 11) is 0. The summed E-state index contributed by atoms with van der Waals surface area (Å²) in [6, 6.07) is 16.9. The molecule has 2 aromatic carbocycles. The second kappa shape index (κ2) is 9.94. The maximum atomic E-state index is 12.9. The number of nitrogens with zero attached hydrogens (tertiary/aromatic N) is 1. The summed E-state index contributed by atoms with van der Waals surface area (Å²) in [4.78, 5) is 18.8. The summed E-state index contributed by atoms with van der Waals surface area (Å²) in [5.74, 6) is 0.170. The van der Waals surface area contributed by atoms with Gasteiger partial charge in [-0.3, -0.25) is 4.79 Å². The summed E-state index contributed by atoms with van der Waals surface area (Å²) in [6.07, 6.45) is 7.46. The quantitative estimate of drug-likeness (QED) is 0.565. The van der Waals surface area contributed by atoms with Crippen LogP contribution in [-0.2, 0) is 11.2 Å². The molecule has 0 aliphatic carbocycles. The number of likely N-dealkylation sites (tertiary alicyclic amines) is 1. The summed E-state index contributed by atoms with van der Waals surface area (Å²) in [5, 5.41) is 4.40. The van der Waals surface area contributed by atoms with Gasteiger partial charge >= 0.3 is 0 Å². The molecule has 1 aliphatic heterocycles. The number of carbonyl (C=O) groups is 1. The first-order valence-corrected chi connectivity index (χ1v) is 11.4. The molecule has 2 heterocycles. The van der Waals surface area contributed by atoms with Crippen LogP contribution in [0.15, 0.2) is 54.7 Å². The van der Waals surface area contributed by atoms with Gasteiger partial charge in [0, 0.05) is 42.5 Å². The number of aromatic nitrogens is 1. The van der Waals surface area contributed by atoms with Crippen molar-refractivity contribution >= 4 is 16.8 Å². The predicted molar refractivity (Wildman–Crippen MR) is 124 cm³/mol. The van der Waals surface area contributed by atoms with Gasteiger partial charge in [0.2, 0.25) is 5.91 Å². The monoisotopic (exact) mass is 403 g/mol. The Kier molecular flexibility index (Phi) is 6.85. The van der Waals surface area contributed by atoms with E-state index in [9.17, 15) is 4.79 Å². The first-order valence-electron chi connectivity index (χ1n) is 11.4. The van der Waals surface area contributed by atoms with Crippen molar-refractivity contribution in [3.8, 4) is 0 Å². The molecule has 4 nitrogen and oxygen atoms in total. The number of fused-ring (bicyclic) bond motifs is 1. The molecule has 3 aromatic rings. The summed E-state index contributed by atoms with van der Waals surface area (Å²) < 4.78 is 0. The largest absolute Gasteiger partial charge is 0.361 e. The molecule has 30 heavy (non-hydrogen) atoms. The summed E-state index contributed by atoms with van der Waals surface area (Å²) in [6.45, 7) is 6.19. The highest BCUT2D eigenvalue weighted by Gasteiger charge is 2.22. The van der Waals surface area contributed by atoms with Gasteiger partial charge in [-0.05, 0) is 49.0 Å². The minimum absolute atomic E-state index is 0.0436. The molecule has 0 radical (unpaired) electrons. The van der Waals surface area contributed by atoms with E-state index in [4.69, 9.17) is 0 Å². The molecule has 1 fully saturated rings. The fourth-order valence-electron chi connectivity index (χ4n) is 4.71. The number of rotatable bonds is 8. The summed E-state index contributed by atoms with van der Waals surface area (Å²) >= 11 is 0. The maximum Gasteiger partial charge on any atom is 0.220 e. The number of hydrogen-bond acceptors (Lipinski definition) is 2. The van der Waals surface area contributed by atoms with Crippen LogP contribution in [0.5, 0.6) is 0 Å². The van der Waals surface area contributed by atoms with Crippen molar-refractivity contribution in [2.45, 2.75) is 44.9 Å². The van der Waals surface area contributed by atoms with Crippen molar-refractivity contribution in [1.82, 2.24) is 15.2 Å². The summed E-state index contributed by atoms with van der Waals surface area (Å²) in [5.41, 5.74) is 4.90. The number of amides is 1. The minimum atomic E-state index is 0.0436. The average Bonchev–Trinajstić information content (AvgIpc) is 3.23. The van der Waals surface area contributed by atoms with Crippen LogP contribution in [0, 0.1) is 0 Å². The molecule has 158 valence electrons. The van der Waals surface area contributed by atoms with Crippen LogP contribution < -0.4 is 5.32 Å². The SMILES string of the molecule is CCc1cccc2c(C(CC(=O)NCCN3CCCCC3)c3ccccc3)c[nH]c12. The number of nitrogens with one attached hydrogen (secondary N) is 2. The van der Waals surface area contributed by atoms with Gasteiger partial charge in [0.05, 0.1) is 0 Å².